The van der Waals surface area contributed by atoms with Crippen LogP contribution in [0.1, 0.15) is 6.42 Å². The minimum Gasteiger partial charge on any atom is -0.354 e. The number of fused-ring (bicyclic) bond motifs is 1. The zero-order chi connectivity index (χ0) is 15.1. The number of alkyl halides is 1. The molecule has 0 bridgehead atoms. The van der Waals surface area contributed by atoms with Crippen molar-refractivity contribution in [2.24, 2.45) is 0 Å². The van der Waals surface area contributed by atoms with Crippen LogP contribution in [0.2, 0.25) is 0 Å². The fourth-order valence-electron chi connectivity index (χ4n) is 2.65. The Bertz CT molecular complexity index is 818. The Morgan fingerprint density at radius 1 is 1.27 bits per heavy atom. The Morgan fingerprint density at radius 3 is 2.91 bits per heavy atom. The molecular weight excluding hydrogens is 365 g/mol. The number of halogens is 2. The van der Waals surface area contributed by atoms with E-state index in [9.17, 15) is 4.39 Å². The molecule has 0 amide bonds. The summed E-state index contributed by atoms with van der Waals surface area (Å²) in [5.41, 5.74) is 1.99. The van der Waals surface area contributed by atoms with Crippen molar-refractivity contribution < 1.29 is 4.39 Å². The van der Waals surface area contributed by atoms with Gasteiger partial charge in [-0.25, -0.2) is 14.4 Å². The average Bonchev–Trinajstić information content (AvgIpc) is 3.13. The van der Waals surface area contributed by atoms with Crippen molar-refractivity contribution in [2.45, 2.75) is 12.6 Å². The Kier molecular flexibility index (Phi) is 3.58. The second kappa shape index (κ2) is 5.59. The van der Waals surface area contributed by atoms with Crippen LogP contribution in [0.5, 0.6) is 0 Å². The van der Waals surface area contributed by atoms with Crippen molar-refractivity contribution in [1.82, 2.24) is 9.97 Å². The molecule has 1 fully saturated rings. The van der Waals surface area contributed by atoms with Crippen LogP contribution in [0.3, 0.4) is 0 Å². The van der Waals surface area contributed by atoms with Crippen molar-refractivity contribution in [2.75, 3.05) is 18.0 Å². The molecule has 6 heteroatoms. The first-order valence-electron chi connectivity index (χ1n) is 7.10. The molecule has 0 spiro atoms. The van der Waals surface area contributed by atoms with Gasteiger partial charge in [-0.3, -0.25) is 0 Å². The first-order valence-corrected chi connectivity index (χ1v) is 8.71. The molecule has 3 aromatic rings. The zero-order valence-corrected chi connectivity index (χ0v) is 14.1. The average molecular weight is 378 g/mol. The first-order chi connectivity index (χ1) is 10.7. The lowest BCUT2D eigenvalue weighted by atomic mass is 10.3. The predicted octanol–water partition coefficient (Wildman–Crippen LogP) is 4.67. The van der Waals surface area contributed by atoms with Crippen LogP contribution in [-0.2, 0) is 0 Å². The SMILES string of the molecule is F[C@H]1CCN(c2ccc(-c3nc4ccc(Br)cc4s3)cn2)C1. The number of hydrogen-bond acceptors (Lipinski definition) is 4. The van der Waals surface area contributed by atoms with E-state index < -0.39 is 6.17 Å². The van der Waals surface area contributed by atoms with E-state index in [0.717, 1.165) is 37.6 Å². The van der Waals surface area contributed by atoms with Crippen LogP contribution in [0, 0.1) is 0 Å². The highest BCUT2D eigenvalue weighted by molar-refractivity contribution is 9.10. The summed E-state index contributed by atoms with van der Waals surface area (Å²) in [7, 11) is 0. The molecule has 1 aliphatic heterocycles. The first kappa shape index (κ1) is 14.1. The van der Waals surface area contributed by atoms with Crippen molar-refractivity contribution in [3.8, 4) is 10.6 Å². The quantitative estimate of drug-likeness (QED) is 0.649. The van der Waals surface area contributed by atoms with Crippen molar-refractivity contribution in [3.05, 3.63) is 41.0 Å². The monoisotopic (exact) mass is 377 g/mol. The van der Waals surface area contributed by atoms with E-state index in [-0.39, 0.29) is 0 Å². The van der Waals surface area contributed by atoms with Gasteiger partial charge in [-0.15, -0.1) is 11.3 Å². The van der Waals surface area contributed by atoms with Gasteiger partial charge in [0.05, 0.1) is 16.8 Å². The lowest BCUT2D eigenvalue weighted by Gasteiger charge is -2.15. The summed E-state index contributed by atoms with van der Waals surface area (Å²) in [5.74, 6) is 0.841. The summed E-state index contributed by atoms with van der Waals surface area (Å²) in [6.45, 7) is 1.18. The summed E-state index contributed by atoms with van der Waals surface area (Å²) < 4.78 is 15.5. The van der Waals surface area contributed by atoms with E-state index >= 15 is 0 Å². The van der Waals surface area contributed by atoms with E-state index in [4.69, 9.17) is 0 Å². The normalized spacial score (nSPS) is 18.3. The molecule has 0 unspecified atom stereocenters. The molecule has 1 aromatic carbocycles. The minimum atomic E-state index is -0.732. The molecule has 112 valence electrons. The standard InChI is InChI=1S/C16H13BrFN3S/c17-11-2-3-13-14(7-11)22-16(20-13)10-1-4-15(19-8-10)21-6-5-12(18)9-21/h1-4,7-8,12H,5-6,9H2/t12-/m0/s1. The number of aromatic nitrogens is 2. The van der Waals surface area contributed by atoms with Crippen LogP contribution in [0.25, 0.3) is 20.8 Å². The van der Waals surface area contributed by atoms with Crippen LogP contribution in [-0.4, -0.2) is 29.2 Å². The lowest BCUT2D eigenvalue weighted by molar-refractivity contribution is 0.364. The van der Waals surface area contributed by atoms with E-state index in [1.54, 1.807) is 11.3 Å². The number of pyridine rings is 1. The molecule has 2 aromatic heterocycles. The smallest absolute Gasteiger partial charge is 0.128 e. The maximum atomic E-state index is 13.3. The molecule has 0 saturated carbocycles. The lowest BCUT2D eigenvalue weighted by Crippen LogP contribution is -2.20. The Hall–Kier alpha value is -1.53. The minimum absolute atomic E-state index is 0.446. The number of anilines is 1. The third kappa shape index (κ3) is 2.61. The molecular formula is C16H13BrFN3S. The Labute approximate surface area is 139 Å². The van der Waals surface area contributed by atoms with Crippen LogP contribution in [0.4, 0.5) is 10.2 Å². The molecule has 1 saturated heterocycles. The summed E-state index contributed by atoms with van der Waals surface area (Å²) in [4.78, 5) is 11.1. The topological polar surface area (TPSA) is 29.0 Å². The fraction of sp³-hybridized carbons (Fsp3) is 0.250. The maximum Gasteiger partial charge on any atom is 0.128 e. The number of nitrogens with zero attached hydrogens (tertiary/aromatic N) is 3. The highest BCUT2D eigenvalue weighted by atomic mass is 79.9. The third-order valence-corrected chi connectivity index (χ3v) is 5.36. The molecule has 0 aliphatic carbocycles. The van der Waals surface area contributed by atoms with Gasteiger partial charge in [-0.1, -0.05) is 15.9 Å². The molecule has 1 atom stereocenters. The highest BCUT2D eigenvalue weighted by Crippen LogP contribution is 2.32. The van der Waals surface area contributed by atoms with E-state index in [0.29, 0.717) is 13.0 Å². The molecule has 0 radical (unpaired) electrons. The molecule has 4 rings (SSSR count). The molecule has 3 nitrogen and oxygen atoms in total. The summed E-state index contributed by atoms with van der Waals surface area (Å²) in [6, 6.07) is 10.0. The summed E-state index contributed by atoms with van der Waals surface area (Å²) in [5, 5.41) is 0.955. The highest BCUT2D eigenvalue weighted by Gasteiger charge is 2.22. The van der Waals surface area contributed by atoms with Gasteiger partial charge in [0.2, 0.25) is 0 Å². The van der Waals surface area contributed by atoms with Gasteiger partial charge in [0.25, 0.3) is 0 Å². The van der Waals surface area contributed by atoms with Crippen LogP contribution >= 0.6 is 27.3 Å². The molecule has 3 heterocycles. The van der Waals surface area contributed by atoms with Crippen molar-refractivity contribution >= 4 is 43.3 Å². The number of rotatable bonds is 2. The van der Waals surface area contributed by atoms with Gasteiger partial charge >= 0.3 is 0 Å². The van der Waals surface area contributed by atoms with Gasteiger partial charge in [-0.05, 0) is 36.8 Å². The van der Waals surface area contributed by atoms with E-state index in [1.165, 1.54) is 0 Å². The largest absolute Gasteiger partial charge is 0.354 e. The Morgan fingerprint density at radius 2 is 2.18 bits per heavy atom. The predicted molar refractivity (Wildman–Crippen MR) is 92.3 cm³/mol. The fourth-order valence-corrected chi connectivity index (χ4v) is 4.15. The Balaban J connectivity index is 1.64. The molecule has 0 N–H and O–H groups in total. The van der Waals surface area contributed by atoms with Gasteiger partial charge in [0.15, 0.2) is 0 Å². The van der Waals surface area contributed by atoms with E-state index in [1.807, 2.05) is 35.4 Å². The molecule has 1 aliphatic rings. The van der Waals surface area contributed by atoms with Gasteiger partial charge in [0, 0.05) is 22.8 Å². The van der Waals surface area contributed by atoms with Gasteiger partial charge in [0.1, 0.15) is 17.0 Å². The summed E-state index contributed by atoms with van der Waals surface area (Å²) >= 11 is 5.13. The van der Waals surface area contributed by atoms with Gasteiger partial charge in [-0.2, -0.15) is 0 Å². The van der Waals surface area contributed by atoms with Gasteiger partial charge < -0.3 is 4.90 Å². The summed E-state index contributed by atoms with van der Waals surface area (Å²) in [6.07, 6.45) is 1.69. The molecule has 22 heavy (non-hydrogen) atoms. The third-order valence-electron chi connectivity index (χ3n) is 3.80. The number of benzene rings is 1. The van der Waals surface area contributed by atoms with Crippen LogP contribution < -0.4 is 4.90 Å². The van der Waals surface area contributed by atoms with E-state index in [2.05, 4.69) is 32.0 Å². The van der Waals surface area contributed by atoms with Crippen molar-refractivity contribution in [3.63, 3.8) is 0 Å². The van der Waals surface area contributed by atoms with Crippen LogP contribution in [0.15, 0.2) is 41.0 Å². The second-order valence-electron chi connectivity index (χ2n) is 5.37. The zero-order valence-electron chi connectivity index (χ0n) is 11.7. The second-order valence-corrected chi connectivity index (χ2v) is 7.31. The van der Waals surface area contributed by atoms with Crippen molar-refractivity contribution in [1.29, 1.82) is 0 Å². The number of thiazole rings is 1. The number of hydrogen-bond donors (Lipinski definition) is 0. The maximum absolute atomic E-state index is 13.3.